The largest absolute Gasteiger partial charge is 0.354 e. The molecular formula is C19H35N3O. The van der Waals surface area contributed by atoms with Gasteiger partial charge in [0.15, 0.2) is 0 Å². The van der Waals surface area contributed by atoms with Crippen molar-refractivity contribution in [3.63, 3.8) is 0 Å². The van der Waals surface area contributed by atoms with Gasteiger partial charge in [0.05, 0.1) is 5.41 Å². The number of carbonyl (C=O) groups is 1. The lowest BCUT2D eigenvalue weighted by atomic mass is 9.78. The molecule has 0 aromatic heterocycles. The van der Waals surface area contributed by atoms with Crippen LogP contribution < -0.4 is 10.6 Å². The summed E-state index contributed by atoms with van der Waals surface area (Å²) in [5, 5.41) is 6.78. The molecule has 0 spiro atoms. The molecule has 3 aliphatic rings. The van der Waals surface area contributed by atoms with Gasteiger partial charge in [-0.2, -0.15) is 0 Å². The van der Waals surface area contributed by atoms with Gasteiger partial charge in [0.1, 0.15) is 0 Å². The van der Waals surface area contributed by atoms with Crippen molar-refractivity contribution in [3.05, 3.63) is 0 Å². The van der Waals surface area contributed by atoms with Crippen molar-refractivity contribution in [3.8, 4) is 0 Å². The average molecular weight is 322 g/mol. The van der Waals surface area contributed by atoms with Crippen molar-refractivity contribution in [1.82, 2.24) is 15.5 Å². The monoisotopic (exact) mass is 321 g/mol. The molecule has 23 heavy (non-hydrogen) atoms. The van der Waals surface area contributed by atoms with Crippen LogP contribution in [0.3, 0.4) is 0 Å². The summed E-state index contributed by atoms with van der Waals surface area (Å²) in [6, 6.07) is 0. The van der Waals surface area contributed by atoms with E-state index in [0.717, 1.165) is 32.5 Å². The molecular weight excluding hydrogens is 286 g/mol. The number of rotatable bonds is 4. The zero-order chi connectivity index (χ0) is 16.2. The third-order valence-electron chi connectivity index (χ3n) is 6.53. The number of piperidine rings is 2. The van der Waals surface area contributed by atoms with Crippen molar-refractivity contribution in [2.75, 3.05) is 32.7 Å². The molecule has 2 heterocycles. The second-order valence-electron chi connectivity index (χ2n) is 8.36. The van der Waals surface area contributed by atoms with E-state index in [1.54, 1.807) is 0 Å². The van der Waals surface area contributed by atoms with Crippen LogP contribution in [-0.2, 0) is 4.79 Å². The van der Waals surface area contributed by atoms with Crippen LogP contribution in [0.2, 0.25) is 0 Å². The van der Waals surface area contributed by atoms with Gasteiger partial charge in [-0.05, 0) is 65.1 Å². The first-order valence-corrected chi connectivity index (χ1v) is 9.89. The van der Waals surface area contributed by atoms with Gasteiger partial charge < -0.3 is 10.6 Å². The number of nitrogens with one attached hydrogen (secondary N) is 2. The van der Waals surface area contributed by atoms with Crippen LogP contribution in [0.5, 0.6) is 0 Å². The first kappa shape index (κ1) is 17.2. The number of amides is 1. The summed E-state index contributed by atoms with van der Waals surface area (Å²) < 4.78 is 0. The second kappa shape index (κ2) is 7.52. The summed E-state index contributed by atoms with van der Waals surface area (Å²) in [6.07, 6.45) is 12.7. The maximum atomic E-state index is 12.8. The number of hydrogen-bond donors (Lipinski definition) is 2. The van der Waals surface area contributed by atoms with Gasteiger partial charge in [0.25, 0.3) is 0 Å². The summed E-state index contributed by atoms with van der Waals surface area (Å²) in [5.41, 5.74) is 0.0305. The molecule has 2 N–H and O–H groups in total. The van der Waals surface area contributed by atoms with E-state index in [1.165, 1.54) is 64.5 Å². The number of likely N-dealkylation sites (tertiary alicyclic amines) is 1. The normalized spacial score (nSPS) is 32.4. The zero-order valence-electron chi connectivity index (χ0n) is 15.0. The summed E-state index contributed by atoms with van der Waals surface area (Å²) >= 11 is 0. The van der Waals surface area contributed by atoms with E-state index in [2.05, 4.69) is 22.5 Å². The highest BCUT2D eigenvalue weighted by Gasteiger charge is 2.41. The zero-order valence-corrected chi connectivity index (χ0v) is 15.0. The van der Waals surface area contributed by atoms with Crippen LogP contribution in [0, 0.1) is 5.41 Å². The first-order chi connectivity index (χ1) is 11.1. The van der Waals surface area contributed by atoms with Crippen molar-refractivity contribution < 1.29 is 4.79 Å². The summed E-state index contributed by atoms with van der Waals surface area (Å²) in [7, 11) is 0. The summed E-state index contributed by atoms with van der Waals surface area (Å²) in [5.74, 6) is 0.270. The van der Waals surface area contributed by atoms with Crippen LogP contribution in [0.1, 0.15) is 71.1 Å². The Kier molecular flexibility index (Phi) is 5.63. The minimum atomic E-state index is -0.212. The molecule has 2 saturated heterocycles. The molecule has 1 atom stereocenters. The number of carbonyl (C=O) groups excluding carboxylic acids is 1. The van der Waals surface area contributed by atoms with E-state index in [9.17, 15) is 4.79 Å². The molecule has 3 rings (SSSR count). The lowest BCUT2D eigenvalue weighted by Gasteiger charge is -2.49. The highest BCUT2D eigenvalue weighted by Crippen LogP contribution is 2.35. The van der Waals surface area contributed by atoms with Gasteiger partial charge in [0.2, 0.25) is 5.91 Å². The van der Waals surface area contributed by atoms with E-state index >= 15 is 0 Å². The van der Waals surface area contributed by atoms with Crippen molar-refractivity contribution in [1.29, 1.82) is 0 Å². The minimum Gasteiger partial charge on any atom is -0.354 e. The molecule has 1 aliphatic carbocycles. The van der Waals surface area contributed by atoms with Crippen molar-refractivity contribution >= 4 is 5.91 Å². The number of hydrogen-bond acceptors (Lipinski definition) is 3. The Morgan fingerprint density at radius 2 is 1.70 bits per heavy atom. The molecule has 3 fully saturated rings. The minimum absolute atomic E-state index is 0.212. The molecule has 1 unspecified atom stereocenters. The fraction of sp³-hybridized carbons (Fsp3) is 0.947. The Hall–Kier alpha value is -0.610. The fourth-order valence-electron chi connectivity index (χ4n) is 4.89. The van der Waals surface area contributed by atoms with Crippen molar-refractivity contribution in [2.45, 2.75) is 76.7 Å². The predicted octanol–water partition coefficient (Wildman–Crippen LogP) is 2.68. The third kappa shape index (κ3) is 3.90. The smallest absolute Gasteiger partial charge is 0.227 e. The Bertz CT molecular complexity index is 391. The van der Waals surface area contributed by atoms with Gasteiger partial charge in [0, 0.05) is 18.6 Å². The van der Waals surface area contributed by atoms with Crippen LogP contribution in [0.15, 0.2) is 0 Å². The van der Waals surface area contributed by atoms with Crippen molar-refractivity contribution in [2.24, 2.45) is 5.41 Å². The van der Waals surface area contributed by atoms with Crippen LogP contribution in [0.4, 0.5) is 0 Å². The van der Waals surface area contributed by atoms with E-state index in [-0.39, 0.29) is 16.9 Å². The fourth-order valence-corrected chi connectivity index (χ4v) is 4.89. The van der Waals surface area contributed by atoms with Crippen LogP contribution >= 0.6 is 0 Å². The van der Waals surface area contributed by atoms with E-state index in [1.807, 2.05) is 0 Å². The molecule has 0 radical (unpaired) electrons. The third-order valence-corrected chi connectivity index (χ3v) is 6.53. The molecule has 0 aromatic carbocycles. The summed E-state index contributed by atoms with van der Waals surface area (Å²) in [4.78, 5) is 15.5. The predicted molar refractivity (Wildman–Crippen MR) is 94.5 cm³/mol. The van der Waals surface area contributed by atoms with Gasteiger partial charge in [-0.15, -0.1) is 0 Å². The SMILES string of the molecule is CC1(C(=O)NCC2(N3CCCCC3)CCCCC2)CCCNC1. The molecule has 1 amide bonds. The van der Waals surface area contributed by atoms with Crippen LogP contribution in [0.25, 0.3) is 0 Å². The molecule has 4 heteroatoms. The quantitative estimate of drug-likeness (QED) is 0.837. The molecule has 1 saturated carbocycles. The van der Waals surface area contributed by atoms with Crippen LogP contribution in [-0.4, -0.2) is 49.1 Å². The van der Waals surface area contributed by atoms with E-state index in [0.29, 0.717) is 0 Å². The second-order valence-corrected chi connectivity index (χ2v) is 8.36. The lowest BCUT2D eigenvalue weighted by molar-refractivity contribution is -0.132. The van der Waals surface area contributed by atoms with Gasteiger partial charge >= 0.3 is 0 Å². The maximum absolute atomic E-state index is 12.8. The Morgan fingerprint density at radius 3 is 2.35 bits per heavy atom. The molecule has 0 bridgehead atoms. The molecule has 132 valence electrons. The lowest BCUT2D eigenvalue weighted by Crippen LogP contribution is -2.60. The van der Waals surface area contributed by atoms with Gasteiger partial charge in [-0.25, -0.2) is 0 Å². The van der Waals surface area contributed by atoms with E-state index < -0.39 is 0 Å². The molecule has 4 nitrogen and oxygen atoms in total. The first-order valence-electron chi connectivity index (χ1n) is 9.89. The van der Waals surface area contributed by atoms with Gasteiger partial charge in [-0.3, -0.25) is 9.69 Å². The summed E-state index contributed by atoms with van der Waals surface area (Å²) in [6.45, 7) is 7.34. The maximum Gasteiger partial charge on any atom is 0.227 e. The number of nitrogens with zero attached hydrogens (tertiary/aromatic N) is 1. The molecule has 0 aromatic rings. The highest BCUT2D eigenvalue weighted by atomic mass is 16.2. The Labute approximate surface area is 141 Å². The highest BCUT2D eigenvalue weighted by molar-refractivity contribution is 5.82. The van der Waals surface area contributed by atoms with E-state index in [4.69, 9.17) is 0 Å². The Balaban J connectivity index is 1.63. The molecule has 2 aliphatic heterocycles. The topological polar surface area (TPSA) is 44.4 Å². The van der Waals surface area contributed by atoms with Gasteiger partial charge in [-0.1, -0.05) is 25.7 Å². The average Bonchev–Trinajstić information content (AvgIpc) is 2.62. The standard InChI is InChI=1S/C19H35N3O/c1-18(9-8-12-20-15-18)17(23)21-16-19(10-4-2-5-11-19)22-13-6-3-7-14-22/h20H,2-16H2,1H3,(H,21,23). The Morgan fingerprint density at radius 1 is 1.00 bits per heavy atom.